The number of guanidine groups is 1. The summed E-state index contributed by atoms with van der Waals surface area (Å²) >= 11 is 0. The Morgan fingerprint density at radius 1 is 1.03 bits per heavy atom. The van der Waals surface area contributed by atoms with E-state index in [2.05, 4.69) is 70.3 Å². The average molecular weight is 553 g/mol. The molecule has 32 heavy (non-hydrogen) atoms. The summed E-state index contributed by atoms with van der Waals surface area (Å²) in [5, 5.41) is 10.7. The van der Waals surface area contributed by atoms with E-state index in [-0.39, 0.29) is 35.6 Å². The zero-order valence-electron chi connectivity index (χ0n) is 19.2. The van der Waals surface area contributed by atoms with Crippen LogP contribution in [0.3, 0.4) is 0 Å². The van der Waals surface area contributed by atoms with Crippen molar-refractivity contribution >= 4 is 29.9 Å². The van der Waals surface area contributed by atoms with Crippen LogP contribution in [-0.4, -0.2) is 51.5 Å². The van der Waals surface area contributed by atoms with Gasteiger partial charge in [0.15, 0.2) is 5.96 Å². The van der Waals surface area contributed by atoms with E-state index in [1.165, 1.54) is 11.1 Å². The van der Waals surface area contributed by atoms with Gasteiger partial charge in [-0.1, -0.05) is 60.7 Å². The maximum atomic E-state index is 5.76. The van der Waals surface area contributed by atoms with Gasteiger partial charge in [-0.25, -0.2) is 0 Å². The number of aliphatic imine (C=N–C) groups is 1. The highest BCUT2D eigenvalue weighted by molar-refractivity contribution is 14.0. The molecule has 1 aliphatic rings. The summed E-state index contributed by atoms with van der Waals surface area (Å²) in [5.41, 5.74) is 2.45. The van der Waals surface area contributed by atoms with Crippen LogP contribution in [0.2, 0.25) is 0 Å². The number of rotatable bonds is 10. The lowest BCUT2D eigenvalue weighted by molar-refractivity contribution is 0.0354. The maximum absolute atomic E-state index is 5.76. The molecule has 3 rings (SSSR count). The average Bonchev–Trinajstić information content (AvgIpc) is 2.82. The summed E-state index contributed by atoms with van der Waals surface area (Å²) in [4.78, 5) is 4.38. The molecule has 0 amide bonds. The number of benzene rings is 2. The number of nitrogens with zero attached hydrogens (tertiary/aromatic N) is 1. The highest BCUT2D eigenvalue weighted by Gasteiger charge is 2.34. The van der Waals surface area contributed by atoms with Gasteiger partial charge in [0.1, 0.15) is 0 Å². The number of halogens is 1. The Morgan fingerprint density at radius 3 is 2.34 bits per heavy atom. The molecule has 1 aliphatic heterocycles. The van der Waals surface area contributed by atoms with Gasteiger partial charge in [-0.05, 0) is 30.9 Å². The fraction of sp³-hybridized carbons (Fsp3) is 0.480. The second kappa shape index (κ2) is 14.5. The number of hydrogen-bond acceptors (Lipinski definition) is 4. The molecule has 0 saturated carbocycles. The zero-order chi connectivity index (χ0) is 21.8. The minimum Gasteiger partial charge on any atom is -0.381 e. The van der Waals surface area contributed by atoms with Crippen LogP contribution in [-0.2, 0) is 16.1 Å². The van der Waals surface area contributed by atoms with Gasteiger partial charge < -0.3 is 25.4 Å². The van der Waals surface area contributed by atoms with Crippen molar-refractivity contribution < 1.29 is 9.47 Å². The first kappa shape index (κ1) is 26.6. The molecule has 1 fully saturated rings. The lowest BCUT2D eigenvalue weighted by Gasteiger charge is -2.41. The molecule has 2 aromatic carbocycles. The fourth-order valence-corrected chi connectivity index (χ4v) is 3.90. The Kier molecular flexibility index (Phi) is 12.0. The molecule has 0 aromatic heterocycles. The molecular weight excluding hydrogens is 515 g/mol. The van der Waals surface area contributed by atoms with E-state index in [0.717, 1.165) is 38.6 Å². The van der Waals surface area contributed by atoms with Crippen LogP contribution in [0.15, 0.2) is 65.7 Å². The summed E-state index contributed by atoms with van der Waals surface area (Å²) in [6.07, 6.45) is 1.93. The van der Waals surface area contributed by atoms with Crippen LogP contribution < -0.4 is 16.0 Å². The van der Waals surface area contributed by atoms with Crippen LogP contribution in [0.1, 0.15) is 36.9 Å². The monoisotopic (exact) mass is 552 g/mol. The number of hydrogen-bond donors (Lipinski definition) is 3. The van der Waals surface area contributed by atoms with Gasteiger partial charge in [0, 0.05) is 44.9 Å². The van der Waals surface area contributed by atoms with Crippen LogP contribution in [0.25, 0.3) is 0 Å². The molecule has 1 heterocycles. The van der Waals surface area contributed by atoms with Gasteiger partial charge in [-0.2, -0.15) is 0 Å². The molecule has 1 saturated heterocycles. The minimum absolute atomic E-state index is 0. The van der Waals surface area contributed by atoms with E-state index >= 15 is 0 Å². The summed E-state index contributed by atoms with van der Waals surface area (Å²) < 4.78 is 11.4. The second-order valence-electron chi connectivity index (χ2n) is 8.06. The van der Waals surface area contributed by atoms with Crippen molar-refractivity contribution in [1.29, 1.82) is 0 Å². The van der Waals surface area contributed by atoms with Crippen molar-refractivity contribution in [3.05, 3.63) is 71.8 Å². The third-order valence-electron chi connectivity index (χ3n) is 5.74. The molecule has 2 aromatic rings. The normalized spacial score (nSPS) is 16.6. The molecule has 176 valence electrons. The van der Waals surface area contributed by atoms with Crippen LogP contribution in [0.5, 0.6) is 0 Å². The maximum Gasteiger partial charge on any atom is 0.191 e. The largest absolute Gasteiger partial charge is 0.381 e. The SMILES string of the molecule is CN=C(NCCOCc1ccccc1)NCC1(NC(C)c2ccccc2)CCOCC1.I. The van der Waals surface area contributed by atoms with Gasteiger partial charge in [0.05, 0.1) is 13.2 Å². The standard InChI is InChI=1S/C25H36N4O2.HI/c1-21(23-11-7-4-8-12-23)29-25(13-16-30-17-14-25)20-28-24(26-2)27-15-18-31-19-22-9-5-3-6-10-22;/h3-12,21,29H,13-20H2,1-2H3,(H2,26,27,28);1H. The van der Waals surface area contributed by atoms with Gasteiger partial charge in [-0.3, -0.25) is 4.99 Å². The Bertz CT molecular complexity index is 783. The van der Waals surface area contributed by atoms with E-state index in [1.54, 1.807) is 7.05 Å². The van der Waals surface area contributed by atoms with E-state index < -0.39 is 0 Å². The molecule has 1 atom stereocenters. The van der Waals surface area contributed by atoms with Crippen LogP contribution in [0, 0.1) is 0 Å². The fourth-order valence-electron chi connectivity index (χ4n) is 3.90. The molecule has 0 aliphatic carbocycles. The van der Waals surface area contributed by atoms with E-state index in [9.17, 15) is 0 Å². The molecule has 0 radical (unpaired) electrons. The Morgan fingerprint density at radius 2 is 1.69 bits per heavy atom. The Hall–Kier alpha value is -1.68. The van der Waals surface area contributed by atoms with E-state index in [0.29, 0.717) is 19.8 Å². The van der Waals surface area contributed by atoms with Crippen LogP contribution >= 0.6 is 24.0 Å². The zero-order valence-corrected chi connectivity index (χ0v) is 21.5. The van der Waals surface area contributed by atoms with E-state index in [4.69, 9.17) is 9.47 Å². The minimum atomic E-state index is -0.0328. The first-order chi connectivity index (χ1) is 15.2. The van der Waals surface area contributed by atoms with Crippen molar-refractivity contribution in [3.8, 4) is 0 Å². The number of ether oxygens (including phenoxy) is 2. The van der Waals surface area contributed by atoms with Crippen molar-refractivity contribution in [2.45, 2.75) is 38.0 Å². The molecule has 0 bridgehead atoms. The quantitative estimate of drug-likeness (QED) is 0.181. The Labute approximate surface area is 209 Å². The van der Waals surface area contributed by atoms with Gasteiger partial charge >= 0.3 is 0 Å². The molecule has 6 nitrogen and oxygen atoms in total. The smallest absolute Gasteiger partial charge is 0.191 e. The lowest BCUT2D eigenvalue weighted by atomic mass is 9.88. The molecule has 7 heteroatoms. The van der Waals surface area contributed by atoms with Gasteiger partial charge in [0.2, 0.25) is 0 Å². The van der Waals surface area contributed by atoms with Crippen molar-refractivity contribution in [2.75, 3.05) is 40.0 Å². The summed E-state index contributed by atoms with van der Waals surface area (Å²) in [5.74, 6) is 0.795. The van der Waals surface area contributed by atoms with Crippen molar-refractivity contribution in [2.24, 2.45) is 4.99 Å². The predicted octanol–water partition coefficient (Wildman–Crippen LogP) is 3.89. The lowest BCUT2D eigenvalue weighted by Crippen LogP contribution is -2.58. The summed E-state index contributed by atoms with van der Waals surface area (Å²) in [6, 6.07) is 21.1. The topological polar surface area (TPSA) is 66.9 Å². The molecular formula is C25H37IN4O2. The third-order valence-corrected chi connectivity index (χ3v) is 5.74. The van der Waals surface area contributed by atoms with Gasteiger partial charge in [0.25, 0.3) is 0 Å². The molecule has 3 N–H and O–H groups in total. The van der Waals surface area contributed by atoms with E-state index in [1.807, 2.05) is 18.2 Å². The van der Waals surface area contributed by atoms with Crippen LogP contribution in [0.4, 0.5) is 0 Å². The second-order valence-corrected chi connectivity index (χ2v) is 8.06. The first-order valence-corrected chi connectivity index (χ1v) is 11.2. The third kappa shape index (κ3) is 8.69. The first-order valence-electron chi connectivity index (χ1n) is 11.2. The molecule has 1 unspecified atom stereocenters. The Balaban J connectivity index is 0.00000363. The predicted molar refractivity (Wildman–Crippen MR) is 142 cm³/mol. The van der Waals surface area contributed by atoms with Gasteiger partial charge in [-0.15, -0.1) is 24.0 Å². The van der Waals surface area contributed by atoms with Crippen molar-refractivity contribution in [3.63, 3.8) is 0 Å². The molecule has 0 spiro atoms. The highest BCUT2D eigenvalue weighted by atomic mass is 127. The summed E-state index contributed by atoms with van der Waals surface area (Å²) in [7, 11) is 1.80. The number of nitrogens with one attached hydrogen (secondary N) is 3. The van der Waals surface area contributed by atoms with Crippen molar-refractivity contribution in [1.82, 2.24) is 16.0 Å². The summed E-state index contributed by atoms with van der Waals surface area (Å²) in [6.45, 7) is 6.51. The highest BCUT2D eigenvalue weighted by Crippen LogP contribution is 2.25.